The van der Waals surface area contributed by atoms with E-state index < -0.39 is 5.97 Å². The quantitative estimate of drug-likeness (QED) is 0.760. The zero-order chi connectivity index (χ0) is 13.0. The van der Waals surface area contributed by atoms with Gasteiger partial charge in [0.1, 0.15) is 0 Å². The molecular formula is C15H19NO2. The molecule has 1 N–H and O–H groups in total. The van der Waals surface area contributed by atoms with Crippen LogP contribution in [-0.4, -0.2) is 11.1 Å². The topological polar surface area (TPSA) is 61.1 Å². The highest BCUT2D eigenvalue weighted by atomic mass is 16.4. The molecule has 4 aliphatic rings. The first-order chi connectivity index (χ1) is 8.46. The van der Waals surface area contributed by atoms with Crippen LogP contribution in [0.2, 0.25) is 0 Å². The van der Waals surface area contributed by atoms with Gasteiger partial charge in [0.25, 0.3) is 0 Å². The number of nitriles is 1. The third-order valence-electron chi connectivity index (χ3n) is 5.20. The van der Waals surface area contributed by atoms with Crippen molar-refractivity contribution >= 4 is 5.97 Å². The van der Waals surface area contributed by atoms with Gasteiger partial charge in [-0.25, -0.2) is 4.79 Å². The van der Waals surface area contributed by atoms with E-state index in [9.17, 15) is 10.1 Å². The minimum absolute atomic E-state index is 0.00227. The lowest BCUT2D eigenvalue weighted by atomic mass is 9.44. The van der Waals surface area contributed by atoms with Gasteiger partial charge in [-0.15, -0.1) is 0 Å². The summed E-state index contributed by atoms with van der Waals surface area (Å²) in [6, 6.07) is 2.56. The number of nitrogens with zero attached hydrogens (tertiary/aromatic N) is 1. The van der Waals surface area contributed by atoms with E-state index >= 15 is 0 Å². The van der Waals surface area contributed by atoms with Gasteiger partial charge in [-0.3, -0.25) is 0 Å². The van der Waals surface area contributed by atoms with E-state index in [4.69, 9.17) is 5.11 Å². The minimum atomic E-state index is -0.822. The molecular weight excluding hydrogens is 226 g/mol. The Morgan fingerprint density at radius 3 is 2.44 bits per heavy atom. The molecule has 0 aromatic heterocycles. The number of allylic oxidation sites excluding steroid dienone is 1. The summed E-state index contributed by atoms with van der Waals surface area (Å²) in [5, 5.41) is 18.6. The van der Waals surface area contributed by atoms with Gasteiger partial charge >= 0.3 is 5.97 Å². The van der Waals surface area contributed by atoms with Gasteiger partial charge < -0.3 is 5.11 Å². The van der Waals surface area contributed by atoms with Crippen LogP contribution in [0.5, 0.6) is 0 Å². The first kappa shape index (κ1) is 11.8. The van der Waals surface area contributed by atoms with Crippen LogP contribution in [0.4, 0.5) is 0 Å². The highest BCUT2D eigenvalue weighted by Gasteiger charge is 2.57. The molecule has 96 valence electrons. The van der Waals surface area contributed by atoms with Crippen LogP contribution >= 0.6 is 0 Å². The van der Waals surface area contributed by atoms with Crippen LogP contribution in [0, 0.1) is 34.0 Å². The maximum Gasteiger partial charge on any atom is 0.330 e. The smallest absolute Gasteiger partial charge is 0.330 e. The molecule has 2 atom stereocenters. The van der Waals surface area contributed by atoms with Gasteiger partial charge in [0.05, 0.1) is 11.5 Å². The van der Waals surface area contributed by atoms with Gasteiger partial charge in [0.2, 0.25) is 0 Å². The molecule has 0 heterocycles. The van der Waals surface area contributed by atoms with Crippen LogP contribution in [0.1, 0.15) is 45.4 Å². The Labute approximate surface area is 107 Å². The van der Waals surface area contributed by atoms with Gasteiger partial charge in [0.15, 0.2) is 0 Å². The highest BCUT2D eigenvalue weighted by Crippen LogP contribution is 2.65. The highest BCUT2D eigenvalue weighted by molar-refractivity contribution is 5.85. The average Bonchev–Trinajstić information content (AvgIpc) is 2.26. The summed E-state index contributed by atoms with van der Waals surface area (Å²) in [5.74, 6) is 0.462. The summed E-state index contributed by atoms with van der Waals surface area (Å²) in [6.07, 6.45) is 8.39. The van der Waals surface area contributed by atoms with E-state index in [1.165, 1.54) is 6.42 Å². The van der Waals surface area contributed by atoms with Gasteiger partial charge in [-0.1, -0.05) is 6.08 Å². The molecule has 0 aromatic rings. The molecule has 18 heavy (non-hydrogen) atoms. The Morgan fingerprint density at radius 2 is 1.94 bits per heavy atom. The molecule has 0 aromatic carbocycles. The van der Waals surface area contributed by atoms with Crippen molar-refractivity contribution < 1.29 is 9.90 Å². The zero-order valence-corrected chi connectivity index (χ0v) is 10.8. The Morgan fingerprint density at radius 1 is 1.33 bits per heavy atom. The lowest BCUT2D eigenvalue weighted by Gasteiger charge is -2.59. The number of rotatable bonds is 2. The van der Waals surface area contributed by atoms with Crippen molar-refractivity contribution in [3.63, 3.8) is 0 Å². The molecule has 0 saturated heterocycles. The number of hydrogen-bond acceptors (Lipinski definition) is 2. The molecule has 4 bridgehead atoms. The number of hydrogen-bond donors (Lipinski definition) is 1. The van der Waals surface area contributed by atoms with E-state index in [1.54, 1.807) is 6.92 Å². The zero-order valence-electron chi connectivity index (χ0n) is 10.8. The van der Waals surface area contributed by atoms with Crippen molar-refractivity contribution in [3.05, 3.63) is 11.6 Å². The number of aliphatic carboxylic acids is 1. The van der Waals surface area contributed by atoms with Crippen LogP contribution in [0.15, 0.2) is 11.6 Å². The number of carbonyl (C=O) groups is 1. The van der Waals surface area contributed by atoms with Crippen LogP contribution < -0.4 is 0 Å². The van der Waals surface area contributed by atoms with Crippen LogP contribution in [0.3, 0.4) is 0 Å². The molecule has 4 rings (SSSR count). The van der Waals surface area contributed by atoms with Crippen LogP contribution in [-0.2, 0) is 4.79 Å². The second-order valence-electron chi connectivity index (χ2n) is 6.85. The Kier molecular flexibility index (Phi) is 2.35. The molecule has 4 aliphatic carbocycles. The van der Waals surface area contributed by atoms with Gasteiger partial charge in [-0.05, 0) is 62.7 Å². The third kappa shape index (κ3) is 1.67. The standard InChI is InChI=1S/C15H19NO2/c1-10(13(17)18)3-14-4-11-2-12(5-14)7-15(6-11,8-14)9-16/h3,11-12H,2,4-8H2,1H3,(H,17,18). The van der Waals surface area contributed by atoms with Gasteiger partial charge in [-0.2, -0.15) is 5.26 Å². The fourth-order valence-corrected chi connectivity index (χ4v) is 5.15. The third-order valence-corrected chi connectivity index (χ3v) is 5.20. The second-order valence-corrected chi connectivity index (χ2v) is 6.85. The van der Waals surface area contributed by atoms with Crippen molar-refractivity contribution in [3.8, 4) is 6.07 Å². The van der Waals surface area contributed by atoms with E-state index in [2.05, 4.69) is 6.07 Å². The van der Waals surface area contributed by atoms with Crippen molar-refractivity contribution in [2.24, 2.45) is 22.7 Å². The van der Waals surface area contributed by atoms with Crippen LogP contribution in [0.25, 0.3) is 0 Å². The first-order valence-electron chi connectivity index (χ1n) is 6.80. The number of carboxylic acids is 1. The van der Waals surface area contributed by atoms with E-state index in [0.29, 0.717) is 17.4 Å². The SMILES string of the molecule is CC(=CC12CC3CC(CC(C#N)(C3)C1)C2)C(=O)O. The summed E-state index contributed by atoms with van der Waals surface area (Å²) >= 11 is 0. The predicted molar refractivity (Wildman–Crippen MR) is 66.6 cm³/mol. The molecule has 3 nitrogen and oxygen atoms in total. The summed E-state index contributed by atoms with van der Waals surface area (Å²) in [5.41, 5.74) is 0.298. The van der Waals surface area contributed by atoms with Crippen molar-refractivity contribution in [2.75, 3.05) is 0 Å². The molecule has 4 fully saturated rings. The molecule has 0 spiro atoms. The van der Waals surface area contributed by atoms with Crippen molar-refractivity contribution in [1.82, 2.24) is 0 Å². The normalized spacial score (nSPS) is 45.9. The Hall–Kier alpha value is -1.30. The Bertz CT molecular complexity index is 457. The number of carboxylic acid groups (broad SMARTS) is 1. The lowest BCUT2D eigenvalue weighted by Crippen LogP contribution is -2.50. The molecule has 4 saturated carbocycles. The summed E-state index contributed by atoms with van der Waals surface area (Å²) in [6.45, 7) is 1.68. The fourth-order valence-electron chi connectivity index (χ4n) is 5.15. The predicted octanol–water partition coefficient (Wildman–Crippen LogP) is 3.13. The van der Waals surface area contributed by atoms with Gasteiger partial charge in [0, 0.05) is 5.57 Å². The summed E-state index contributed by atoms with van der Waals surface area (Å²) in [7, 11) is 0. The lowest BCUT2D eigenvalue weighted by molar-refractivity contribution is -0.132. The maximum atomic E-state index is 11.0. The largest absolute Gasteiger partial charge is 0.478 e. The van der Waals surface area contributed by atoms with E-state index in [0.717, 1.165) is 32.1 Å². The Balaban J connectivity index is 1.97. The maximum absolute atomic E-state index is 11.0. The van der Waals surface area contributed by atoms with Crippen molar-refractivity contribution in [2.45, 2.75) is 45.4 Å². The second kappa shape index (κ2) is 3.60. The monoisotopic (exact) mass is 245 g/mol. The first-order valence-corrected chi connectivity index (χ1v) is 6.80. The minimum Gasteiger partial charge on any atom is -0.478 e. The fraction of sp³-hybridized carbons (Fsp3) is 0.733. The molecule has 0 radical (unpaired) electrons. The molecule has 3 heteroatoms. The average molecular weight is 245 g/mol. The molecule has 0 aliphatic heterocycles. The summed E-state index contributed by atoms with van der Waals surface area (Å²) in [4.78, 5) is 11.0. The summed E-state index contributed by atoms with van der Waals surface area (Å²) < 4.78 is 0. The van der Waals surface area contributed by atoms with E-state index in [-0.39, 0.29) is 10.8 Å². The molecule has 2 unspecified atom stereocenters. The van der Waals surface area contributed by atoms with E-state index in [1.807, 2.05) is 6.08 Å². The van der Waals surface area contributed by atoms with Crippen molar-refractivity contribution in [1.29, 1.82) is 5.26 Å². The molecule has 0 amide bonds.